The smallest absolute Gasteiger partial charge is 0.0811 e. The number of hydrogen-bond acceptors (Lipinski definition) is 3. The molecule has 2 rings (SSSR count). The Morgan fingerprint density at radius 1 is 1.21 bits per heavy atom. The normalized spacial score (nSPS) is 15.4. The van der Waals surface area contributed by atoms with Gasteiger partial charge in [-0.05, 0) is 29.2 Å². The summed E-state index contributed by atoms with van der Waals surface area (Å²) in [5.74, 6) is 0. The minimum Gasteiger partial charge on any atom is -0.379 e. The maximum absolute atomic E-state index is 6.38. The van der Waals surface area contributed by atoms with Crippen LogP contribution in [0.1, 0.15) is 32.4 Å². The fraction of sp³-hybridized carbons (Fsp3) is 0.438. The Kier molecular flexibility index (Phi) is 3.88. The first kappa shape index (κ1) is 14.0. The van der Waals surface area contributed by atoms with Crippen molar-refractivity contribution in [2.24, 2.45) is 11.1 Å². The maximum Gasteiger partial charge on any atom is 0.0811 e. The molecule has 0 aliphatic carbocycles. The highest BCUT2D eigenvalue weighted by atomic mass is 16.5. The average molecular weight is 258 g/mol. The number of fused-ring (bicyclic) bond motifs is 1. The summed E-state index contributed by atoms with van der Waals surface area (Å²) in [4.78, 5) is 4.32. The van der Waals surface area contributed by atoms with Crippen molar-refractivity contribution in [2.45, 2.75) is 32.9 Å². The summed E-state index contributed by atoms with van der Waals surface area (Å²) >= 11 is 0. The summed E-state index contributed by atoms with van der Waals surface area (Å²) in [7, 11) is 1.72. The summed E-state index contributed by atoms with van der Waals surface area (Å²) in [5, 5.41) is 1.11. The number of benzene rings is 1. The summed E-state index contributed by atoms with van der Waals surface area (Å²) < 4.78 is 5.60. The van der Waals surface area contributed by atoms with Gasteiger partial charge in [-0.1, -0.05) is 32.9 Å². The van der Waals surface area contributed by atoms with Crippen molar-refractivity contribution in [1.29, 1.82) is 0 Å². The van der Waals surface area contributed by atoms with Crippen molar-refractivity contribution in [3.63, 3.8) is 0 Å². The number of hydrogen-bond donors (Lipinski definition) is 1. The van der Waals surface area contributed by atoms with Gasteiger partial charge in [0.1, 0.15) is 0 Å². The quantitative estimate of drug-likeness (QED) is 0.919. The standard InChI is InChI=1S/C16H22N2O/c1-16(2,3)15(19-4)14(17)12-7-8-13-11(10-12)6-5-9-18-13/h5-10,14-15H,17H2,1-4H3. The van der Waals surface area contributed by atoms with Crippen LogP contribution in [0.25, 0.3) is 10.9 Å². The zero-order valence-electron chi connectivity index (χ0n) is 12.1. The van der Waals surface area contributed by atoms with Gasteiger partial charge in [-0.2, -0.15) is 0 Å². The molecule has 0 spiro atoms. The molecule has 0 fully saturated rings. The number of methoxy groups -OCH3 is 1. The molecule has 2 unspecified atom stereocenters. The molecule has 0 aliphatic heterocycles. The van der Waals surface area contributed by atoms with Gasteiger partial charge in [0.15, 0.2) is 0 Å². The lowest BCUT2D eigenvalue weighted by Gasteiger charge is -2.34. The van der Waals surface area contributed by atoms with Gasteiger partial charge in [-0.25, -0.2) is 0 Å². The second-order valence-electron chi connectivity index (χ2n) is 6.00. The van der Waals surface area contributed by atoms with Crippen LogP contribution >= 0.6 is 0 Å². The zero-order valence-corrected chi connectivity index (χ0v) is 12.1. The third kappa shape index (κ3) is 2.94. The predicted octanol–water partition coefficient (Wildman–Crippen LogP) is 3.30. The van der Waals surface area contributed by atoms with Crippen LogP contribution in [0.2, 0.25) is 0 Å². The molecule has 0 amide bonds. The number of nitrogens with two attached hydrogens (primary N) is 1. The van der Waals surface area contributed by atoms with Crippen LogP contribution in [-0.2, 0) is 4.74 Å². The van der Waals surface area contributed by atoms with Gasteiger partial charge in [0.05, 0.1) is 17.7 Å². The molecule has 1 aromatic carbocycles. The number of pyridine rings is 1. The Labute approximate surface area is 114 Å². The van der Waals surface area contributed by atoms with Crippen LogP contribution in [0.15, 0.2) is 36.5 Å². The molecule has 2 atom stereocenters. The average Bonchev–Trinajstić information content (AvgIpc) is 2.37. The summed E-state index contributed by atoms with van der Waals surface area (Å²) in [5.41, 5.74) is 8.45. The van der Waals surface area contributed by atoms with E-state index in [-0.39, 0.29) is 17.6 Å². The number of nitrogens with zero attached hydrogens (tertiary/aromatic N) is 1. The van der Waals surface area contributed by atoms with Crippen LogP contribution < -0.4 is 5.73 Å². The van der Waals surface area contributed by atoms with E-state index in [2.05, 4.69) is 37.9 Å². The Hall–Kier alpha value is -1.45. The third-order valence-electron chi connectivity index (χ3n) is 3.45. The molecule has 3 nitrogen and oxygen atoms in total. The lowest BCUT2D eigenvalue weighted by Crippen LogP contribution is -2.38. The summed E-state index contributed by atoms with van der Waals surface area (Å²) in [6.07, 6.45) is 1.77. The molecular weight excluding hydrogens is 236 g/mol. The van der Waals surface area contributed by atoms with Crippen molar-refractivity contribution >= 4 is 10.9 Å². The van der Waals surface area contributed by atoms with Crippen LogP contribution in [0.5, 0.6) is 0 Å². The van der Waals surface area contributed by atoms with Crippen molar-refractivity contribution in [1.82, 2.24) is 4.98 Å². The van der Waals surface area contributed by atoms with Crippen molar-refractivity contribution in [3.8, 4) is 0 Å². The number of rotatable bonds is 3. The minimum absolute atomic E-state index is 0.00192. The molecule has 3 heteroatoms. The first-order valence-electron chi connectivity index (χ1n) is 6.56. The first-order chi connectivity index (χ1) is 8.93. The lowest BCUT2D eigenvalue weighted by atomic mass is 9.82. The van der Waals surface area contributed by atoms with Crippen LogP contribution in [0.3, 0.4) is 0 Å². The van der Waals surface area contributed by atoms with E-state index in [9.17, 15) is 0 Å². The van der Waals surface area contributed by atoms with E-state index >= 15 is 0 Å². The maximum atomic E-state index is 6.38. The molecule has 1 heterocycles. The van der Waals surface area contributed by atoms with Gasteiger partial charge in [0.25, 0.3) is 0 Å². The van der Waals surface area contributed by atoms with Crippen molar-refractivity contribution in [3.05, 3.63) is 42.1 Å². The fourth-order valence-electron chi connectivity index (χ4n) is 2.52. The molecule has 0 saturated carbocycles. The first-order valence-corrected chi connectivity index (χ1v) is 6.56. The van der Waals surface area contributed by atoms with Crippen LogP contribution in [0.4, 0.5) is 0 Å². The highest BCUT2D eigenvalue weighted by molar-refractivity contribution is 5.79. The van der Waals surface area contributed by atoms with E-state index in [1.807, 2.05) is 18.2 Å². The Balaban J connectivity index is 2.38. The SMILES string of the molecule is COC(C(N)c1ccc2ncccc2c1)C(C)(C)C. The molecule has 1 aromatic heterocycles. The Morgan fingerprint density at radius 2 is 1.95 bits per heavy atom. The van der Waals surface area contributed by atoms with Crippen LogP contribution in [-0.4, -0.2) is 18.2 Å². The van der Waals surface area contributed by atoms with E-state index < -0.39 is 0 Å². The highest BCUT2D eigenvalue weighted by Crippen LogP contribution is 2.31. The van der Waals surface area contributed by atoms with Gasteiger partial charge in [-0.15, -0.1) is 0 Å². The molecule has 2 aromatic rings. The second-order valence-corrected chi connectivity index (χ2v) is 6.00. The lowest BCUT2D eigenvalue weighted by molar-refractivity contribution is -0.00240. The Bertz CT molecular complexity index is 560. The highest BCUT2D eigenvalue weighted by Gasteiger charge is 2.31. The van der Waals surface area contributed by atoms with E-state index in [4.69, 9.17) is 10.5 Å². The monoisotopic (exact) mass is 258 g/mol. The molecule has 2 N–H and O–H groups in total. The molecule has 0 radical (unpaired) electrons. The van der Waals surface area contributed by atoms with Gasteiger partial charge < -0.3 is 10.5 Å². The van der Waals surface area contributed by atoms with Crippen molar-refractivity contribution < 1.29 is 4.74 Å². The van der Waals surface area contributed by atoms with Gasteiger partial charge >= 0.3 is 0 Å². The van der Waals surface area contributed by atoms with Gasteiger partial charge in [-0.3, -0.25) is 4.98 Å². The van der Waals surface area contributed by atoms with E-state index in [0.29, 0.717) is 0 Å². The predicted molar refractivity (Wildman–Crippen MR) is 78.9 cm³/mol. The molecule has 0 bridgehead atoms. The summed E-state index contributed by atoms with van der Waals surface area (Å²) in [6, 6.07) is 10.0. The second kappa shape index (κ2) is 5.27. The molecule has 102 valence electrons. The zero-order chi connectivity index (χ0) is 14.0. The number of aromatic nitrogens is 1. The van der Waals surface area contributed by atoms with E-state index in [1.165, 1.54) is 0 Å². The van der Waals surface area contributed by atoms with E-state index in [0.717, 1.165) is 16.5 Å². The largest absolute Gasteiger partial charge is 0.379 e. The minimum atomic E-state index is -0.144. The summed E-state index contributed by atoms with van der Waals surface area (Å²) in [6.45, 7) is 6.43. The molecule has 19 heavy (non-hydrogen) atoms. The Morgan fingerprint density at radius 3 is 2.58 bits per heavy atom. The molecule has 0 aliphatic rings. The molecule has 0 saturated heterocycles. The van der Waals surface area contributed by atoms with Crippen molar-refractivity contribution in [2.75, 3.05) is 7.11 Å². The van der Waals surface area contributed by atoms with Gasteiger partial charge in [0.2, 0.25) is 0 Å². The topological polar surface area (TPSA) is 48.1 Å². The molecular formula is C16H22N2O. The van der Waals surface area contributed by atoms with E-state index in [1.54, 1.807) is 13.3 Å². The number of ether oxygens (including phenoxy) is 1. The fourth-order valence-corrected chi connectivity index (χ4v) is 2.52. The van der Waals surface area contributed by atoms with Crippen LogP contribution in [0, 0.1) is 5.41 Å². The third-order valence-corrected chi connectivity index (χ3v) is 3.45. The van der Waals surface area contributed by atoms with Gasteiger partial charge in [0, 0.05) is 18.7 Å².